The first-order valence-electron chi connectivity index (χ1n) is 14.2. The van der Waals surface area contributed by atoms with Crippen molar-refractivity contribution in [2.75, 3.05) is 39.3 Å². The lowest BCUT2D eigenvalue weighted by Gasteiger charge is -2.38. The quantitative estimate of drug-likeness (QED) is 0.381. The Kier molecular flexibility index (Phi) is 8.94. The summed E-state index contributed by atoms with van der Waals surface area (Å²) in [5.74, 6) is 0.803. The number of carbonyl (C=O) groups excluding carboxylic acids is 2. The molecule has 3 aromatic carbocycles. The molecule has 0 saturated carbocycles. The Morgan fingerprint density at radius 2 is 1.46 bits per heavy atom. The maximum Gasteiger partial charge on any atom is 0.410 e. The third-order valence-electron chi connectivity index (χ3n) is 8.25. The van der Waals surface area contributed by atoms with Crippen LogP contribution >= 0.6 is 0 Å². The van der Waals surface area contributed by atoms with Crippen LogP contribution in [0, 0.1) is 5.92 Å². The van der Waals surface area contributed by atoms with E-state index in [1.165, 1.54) is 5.56 Å². The van der Waals surface area contributed by atoms with E-state index < -0.39 is 0 Å². The molecule has 2 unspecified atom stereocenters. The molecule has 204 valence electrons. The van der Waals surface area contributed by atoms with E-state index in [0.717, 1.165) is 56.7 Å². The number of hydrogen-bond donors (Lipinski definition) is 0. The minimum absolute atomic E-state index is 0.116. The van der Waals surface area contributed by atoms with Gasteiger partial charge in [0.25, 0.3) is 5.91 Å². The first kappa shape index (κ1) is 26.9. The SMILES string of the molecule is CCN(C(=O)OCc1ccccc1)C1CCN(CC2CN(C(=O)c3ccccc3)CC2c2ccccc2)CC1. The second-order valence-corrected chi connectivity index (χ2v) is 10.7. The minimum Gasteiger partial charge on any atom is -0.445 e. The summed E-state index contributed by atoms with van der Waals surface area (Å²) in [6.45, 7) is 7.32. The minimum atomic E-state index is -0.227. The third-order valence-corrected chi connectivity index (χ3v) is 8.25. The molecule has 2 amide bonds. The van der Waals surface area contributed by atoms with Crippen molar-refractivity contribution in [3.05, 3.63) is 108 Å². The summed E-state index contributed by atoms with van der Waals surface area (Å²) < 4.78 is 5.64. The Morgan fingerprint density at radius 1 is 0.846 bits per heavy atom. The molecular formula is C33H39N3O3. The standard InChI is InChI=1S/C33H39N3O3/c1-2-36(33(38)39-25-26-12-6-3-7-13-26)30-18-20-34(21-19-30)22-29-23-35(32(37)28-16-10-5-11-17-28)24-31(29)27-14-8-4-9-15-27/h3-17,29-31H,2,18-25H2,1H3. The van der Waals surface area contributed by atoms with Crippen LogP contribution in [0.5, 0.6) is 0 Å². The monoisotopic (exact) mass is 525 g/mol. The lowest BCUT2D eigenvalue weighted by Crippen LogP contribution is -2.48. The Labute approximate surface area is 232 Å². The van der Waals surface area contributed by atoms with Crippen molar-refractivity contribution in [3.63, 3.8) is 0 Å². The van der Waals surface area contributed by atoms with E-state index in [9.17, 15) is 9.59 Å². The van der Waals surface area contributed by atoms with Crippen LogP contribution in [-0.2, 0) is 11.3 Å². The number of rotatable bonds is 8. The van der Waals surface area contributed by atoms with Crippen LogP contribution < -0.4 is 0 Å². The molecule has 3 aromatic rings. The highest BCUT2D eigenvalue weighted by Crippen LogP contribution is 2.35. The summed E-state index contributed by atoms with van der Waals surface area (Å²) in [6.07, 6.45) is 1.64. The lowest BCUT2D eigenvalue weighted by atomic mass is 9.88. The van der Waals surface area contributed by atoms with Crippen molar-refractivity contribution < 1.29 is 14.3 Å². The van der Waals surface area contributed by atoms with Crippen molar-refractivity contribution in [1.82, 2.24) is 14.7 Å². The number of likely N-dealkylation sites (tertiary alicyclic amines) is 2. The molecule has 0 N–H and O–H groups in total. The number of piperidine rings is 1. The van der Waals surface area contributed by atoms with Crippen LogP contribution in [0.2, 0.25) is 0 Å². The second kappa shape index (κ2) is 12.9. The number of benzene rings is 3. The van der Waals surface area contributed by atoms with E-state index in [-0.39, 0.29) is 18.0 Å². The average molecular weight is 526 g/mol. The van der Waals surface area contributed by atoms with Gasteiger partial charge in [0.15, 0.2) is 0 Å². The van der Waals surface area contributed by atoms with Gasteiger partial charge in [-0.25, -0.2) is 4.79 Å². The van der Waals surface area contributed by atoms with Crippen LogP contribution in [0.15, 0.2) is 91.0 Å². The van der Waals surface area contributed by atoms with Crippen molar-refractivity contribution in [1.29, 1.82) is 0 Å². The van der Waals surface area contributed by atoms with Crippen LogP contribution in [0.4, 0.5) is 4.79 Å². The van der Waals surface area contributed by atoms with Crippen LogP contribution in [-0.4, -0.2) is 72.0 Å². The highest BCUT2D eigenvalue weighted by Gasteiger charge is 2.38. The average Bonchev–Trinajstić information content (AvgIpc) is 3.42. The van der Waals surface area contributed by atoms with Gasteiger partial charge < -0.3 is 19.4 Å². The molecule has 0 bridgehead atoms. The molecule has 0 aromatic heterocycles. The first-order valence-corrected chi connectivity index (χ1v) is 14.2. The fraction of sp³-hybridized carbons (Fsp3) is 0.394. The maximum absolute atomic E-state index is 13.3. The van der Waals surface area contributed by atoms with E-state index >= 15 is 0 Å². The van der Waals surface area contributed by atoms with Crippen molar-refractivity contribution >= 4 is 12.0 Å². The molecule has 6 nitrogen and oxygen atoms in total. The van der Waals surface area contributed by atoms with Gasteiger partial charge in [-0.1, -0.05) is 78.9 Å². The Hall–Kier alpha value is -3.64. The number of ether oxygens (including phenoxy) is 1. The van der Waals surface area contributed by atoms with Crippen LogP contribution in [0.1, 0.15) is 47.2 Å². The van der Waals surface area contributed by atoms with E-state index in [2.05, 4.69) is 35.2 Å². The molecule has 2 aliphatic rings. The van der Waals surface area contributed by atoms with Gasteiger partial charge in [0, 0.05) is 56.8 Å². The molecule has 6 heteroatoms. The lowest BCUT2D eigenvalue weighted by molar-refractivity contribution is 0.0602. The molecule has 2 atom stereocenters. The van der Waals surface area contributed by atoms with Crippen LogP contribution in [0.25, 0.3) is 0 Å². The van der Waals surface area contributed by atoms with Crippen molar-refractivity contribution in [2.45, 2.75) is 38.3 Å². The summed E-state index contributed by atoms with van der Waals surface area (Å²) in [6, 6.07) is 30.3. The first-order chi connectivity index (χ1) is 19.1. The number of hydrogen-bond acceptors (Lipinski definition) is 4. The molecule has 2 saturated heterocycles. The Bertz CT molecular complexity index is 1200. The molecule has 0 aliphatic carbocycles. The maximum atomic E-state index is 13.3. The Morgan fingerprint density at radius 3 is 2.10 bits per heavy atom. The summed E-state index contributed by atoms with van der Waals surface area (Å²) in [5.41, 5.74) is 3.06. The van der Waals surface area contributed by atoms with E-state index in [1.54, 1.807) is 0 Å². The zero-order valence-electron chi connectivity index (χ0n) is 22.8. The predicted octanol–water partition coefficient (Wildman–Crippen LogP) is 5.67. The molecule has 0 radical (unpaired) electrons. The van der Waals surface area contributed by atoms with Crippen molar-refractivity contribution in [2.24, 2.45) is 5.92 Å². The third kappa shape index (κ3) is 6.69. The fourth-order valence-electron chi connectivity index (χ4n) is 6.15. The van der Waals surface area contributed by atoms with Gasteiger partial charge in [-0.05, 0) is 48.9 Å². The number of carbonyl (C=O) groups is 2. The van der Waals surface area contributed by atoms with E-state index in [0.29, 0.717) is 25.0 Å². The molecule has 0 spiro atoms. The largest absolute Gasteiger partial charge is 0.445 e. The summed E-state index contributed by atoms with van der Waals surface area (Å²) >= 11 is 0. The van der Waals surface area contributed by atoms with E-state index in [4.69, 9.17) is 4.74 Å². The number of nitrogens with zero attached hydrogens (tertiary/aromatic N) is 3. The molecule has 5 rings (SSSR count). The summed E-state index contributed by atoms with van der Waals surface area (Å²) in [4.78, 5) is 32.6. The molecule has 39 heavy (non-hydrogen) atoms. The molecule has 2 aliphatic heterocycles. The highest BCUT2D eigenvalue weighted by molar-refractivity contribution is 5.94. The second-order valence-electron chi connectivity index (χ2n) is 10.7. The summed E-state index contributed by atoms with van der Waals surface area (Å²) in [7, 11) is 0. The number of amides is 2. The Balaban J connectivity index is 1.18. The van der Waals surface area contributed by atoms with Gasteiger partial charge in [0.2, 0.25) is 0 Å². The normalized spacial score (nSPS) is 20.1. The zero-order valence-corrected chi connectivity index (χ0v) is 22.8. The van der Waals surface area contributed by atoms with Gasteiger partial charge in [0.05, 0.1) is 0 Å². The van der Waals surface area contributed by atoms with Crippen LogP contribution in [0.3, 0.4) is 0 Å². The molecular weight excluding hydrogens is 486 g/mol. The summed E-state index contributed by atoms with van der Waals surface area (Å²) in [5, 5.41) is 0. The molecule has 2 fully saturated rings. The zero-order chi connectivity index (χ0) is 27.0. The smallest absolute Gasteiger partial charge is 0.410 e. The fourth-order valence-corrected chi connectivity index (χ4v) is 6.15. The van der Waals surface area contributed by atoms with Gasteiger partial charge in [0.1, 0.15) is 6.61 Å². The van der Waals surface area contributed by atoms with Gasteiger partial charge in [-0.15, -0.1) is 0 Å². The van der Waals surface area contributed by atoms with Crippen molar-refractivity contribution in [3.8, 4) is 0 Å². The predicted molar refractivity (Wildman–Crippen MR) is 153 cm³/mol. The van der Waals surface area contributed by atoms with Gasteiger partial charge >= 0.3 is 6.09 Å². The highest BCUT2D eigenvalue weighted by atomic mass is 16.6. The van der Waals surface area contributed by atoms with E-state index in [1.807, 2.05) is 77.4 Å². The van der Waals surface area contributed by atoms with Gasteiger partial charge in [-0.2, -0.15) is 0 Å². The topological polar surface area (TPSA) is 53.1 Å². The molecule has 2 heterocycles. The van der Waals surface area contributed by atoms with Gasteiger partial charge in [-0.3, -0.25) is 4.79 Å².